The van der Waals surface area contributed by atoms with Crippen LogP contribution in [0.15, 0.2) is 24.3 Å². The third kappa shape index (κ3) is 9.75. The lowest BCUT2D eigenvalue weighted by Gasteiger charge is -2.31. The lowest BCUT2D eigenvalue weighted by atomic mass is 9.83. The first-order valence-electron chi connectivity index (χ1n) is 8.02. The van der Waals surface area contributed by atoms with Crippen LogP contribution in [0.2, 0.25) is 0 Å². The van der Waals surface area contributed by atoms with Gasteiger partial charge in [0.25, 0.3) is 0 Å². The van der Waals surface area contributed by atoms with Crippen LogP contribution in [-0.2, 0) is 14.4 Å². The summed E-state index contributed by atoms with van der Waals surface area (Å²) in [5, 5.41) is 29.1. The van der Waals surface area contributed by atoms with Crippen LogP contribution >= 0.6 is 0 Å². The van der Waals surface area contributed by atoms with E-state index in [4.69, 9.17) is 20.7 Å². The summed E-state index contributed by atoms with van der Waals surface area (Å²) in [5.41, 5.74) is 3.78. The van der Waals surface area contributed by atoms with Crippen LogP contribution in [0.1, 0.15) is 25.7 Å². The average Bonchev–Trinajstić information content (AvgIpc) is 2.57. The maximum Gasteiger partial charge on any atom is 0.490 e. The first-order valence-corrected chi connectivity index (χ1v) is 8.02. The number of nitrogens with one attached hydrogen (secondary N) is 1. The molecule has 0 saturated heterocycles. The Morgan fingerprint density at radius 2 is 1.70 bits per heavy atom. The van der Waals surface area contributed by atoms with E-state index in [-0.39, 0.29) is 12.5 Å². The van der Waals surface area contributed by atoms with Crippen molar-refractivity contribution in [1.82, 2.24) is 5.32 Å². The van der Waals surface area contributed by atoms with Gasteiger partial charge in [-0.3, -0.25) is 9.59 Å². The summed E-state index contributed by atoms with van der Waals surface area (Å²) in [7, 11) is 0. The van der Waals surface area contributed by atoms with Crippen LogP contribution < -0.4 is 11.1 Å². The highest BCUT2D eigenvalue weighted by atomic mass is 19.4. The molecule has 0 aromatic carbocycles. The second-order valence-electron chi connectivity index (χ2n) is 5.73. The molecule has 0 bridgehead atoms. The van der Waals surface area contributed by atoms with E-state index in [9.17, 15) is 27.9 Å². The zero-order valence-electron chi connectivity index (χ0n) is 14.4. The molecule has 1 aliphatic rings. The molecule has 0 fully saturated rings. The molecule has 154 valence electrons. The molecule has 0 aromatic rings. The second kappa shape index (κ2) is 11.3. The highest BCUT2D eigenvalue weighted by molar-refractivity contribution is 5.77. The van der Waals surface area contributed by atoms with Gasteiger partial charge in [-0.15, -0.1) is 0 Å². The van der Waals surface area contributed by atoms with E-state index < -0.39 is 29.6 Å². The Morgan fingerprint density at radius 1 is 1.11 bits per heavy atom. The van der Waals surface area contributed by atoms with Crippen LogP contribution in [0.5, 0.6) is 0 Å². The second-order valence-corrected chi connectivity index (χ2v) is 5.73. The molecule has 0 aromatic heterocycles. The van der Waals surface area contributed by atoms with E-state index in [1.807, 2.05) is 0 Å². The van der Waals surface area contributed by atoms with Crippen LogP contribution in [0.4, 0.5) is 13.2 Å². The Kier molecular flexibility index (Phi) is 10.3. The van der Waals surface area contributed by atoms with Crippen LogP contribution in [0.25, 0.3) is 0 Å². The van der Waals surface area contributed by atoms with Gasteiger partial charge in [0.1, 0.15) is 11.5 Å². The standard InChI is InChI=1S/C14H22N2O4.C2HF3O2/c15-9-5-1-2-7-12(17)16-10-14(20)8-4-3-6-11(14)13(18)19;3-2(4,5)1(6)7/h3-4,6,8,11,20H,1-2,5,7,9-10,15H2,(H,16,17)(H,18,19);(H,6,7). The normalized spacial score (nSPS) is 21.1. The molecule has 0 heterocycles. The number of carbonyl (C=O) groups is 3. The molecule has 2 unspecified atom stereocenters. The van der Waals surface area contributed by atoms with Crippen molar-refractivity contribution in [3.05, 3.63) is 24.3 Å². The number of rotatable bonds is 8. The van der Waals surface area contributed by atoms with Crippen LogP contribution in [-0.4, -0.2) is 58.0 Å². The van der Waals surface area contributed by atoms with Crippen molar-refractivity contribution in [2.24, 2.45) is 11.7 Å². The van der Waals surface area contributed by atoms with Gasteiger partial charge in [-0.2, -0.15) is 13.2 Å². The van der Waals surface area contributed by atoms with Gasteiger partial charge in [-0.1, -0.05) is 30.7 Å². The van der Waals surface area contributed by atoms with Crippen molar-refractivity contribution in [2.75, 3.05) is 13.1 Å². The summed E-state index contributed by atoms with van der Waals surface area (Å²) in [6.45, 7) is 0.499. The van der Waals surface area contributed by atoms with Crippen LogP contribution in [0, 0.1) is 5.92 Å². The number of aliphatic carboxylic acids is 2. The molecule has 8 nitrogen and oxygen atoms in total. The van der Waals surface area contributed by atoms with Crippen molar-refractivity contribution < 1.29 is 42.9 Å². The van der Waals surface area contributed by atoms with Gasteiger partial charge in [0.2, 0.25) is 5.91 Å². The fourth-order valence-electron chi connectivity index (χ4n) is 2.07. The van der Waals surface area contributed by atoms with E-state index in [1.165, 1.54) is 12.2 Å². The number of carbonyl (C=O) groups excluding carboxylic acids is 1. The van der Waals surface area contributed by atoms with E-state index in [1.54, 1.807) is 12.2 Å². The summed E-state index contributed by atoms with van der Waals surface area (Å²) >= 11 is 0. The van der Waals surface area contributed by atoms with Crippen molar-refractivity contribution in [3.8, 4) is 0 Å². The molecule has 0 saturated carbocycles. The molecule has 1 aliphatic carbocycles. The van der Waals surface area contributed by atoms with Crippen molar-refractivity contribution in [2.45, 2.75) is 37.5 Å². The summed E-state index contributed by atoms with van der Waals surface area (Å²) in [6.07, 6.45) is 3.73. The van der Waals surface area contributed by atoms with Gasteiger partial charge in [-0.05, 0) is 19.4 Å². The number of aliphatic hydroxyl groups is 1. The van der Waals surface area contributed by atoms with Crippen molar-refractivity contribution in [3.63, 3.8) is 0 Å². The third-order valence-corrected chi connectivity index (χ3v) is 3.52. The molecule has 0 radical (unpaired) electrons. The minimum absolute atomic E-state index is 0.111. The Bertz CT molecular complexity index is 577. The Morgan fingerprint density at radius 3 is 2.19 bits per heavy atom. The smallest absolute Gasteiger partial charge is 0.481 e. The van der Waals surface area contributed by atoms with Crippen molar-refractivity contribution >= 4 is 17.8 Å². The average molecular weight is 396 g/mol. The number of halogens is 3. The monoisotopic (exact) mass is 396 g/mol. The molecule has 1 amide bonds. The number of carboxylic acid groups (broad SMARTS) is 2. The first-order chi connectivity index (χ1) is 12.4. The van der Waals surface area contributed by atoms with Gasteiger partial charge >= 0.3 is 18.1 Å². The lowest BCUT2D eigenvalue weighted by molar-refractivity contribution is -0.192. The molecular weight excluding hydrogens is 373 g/mol. The van der Waals surface area contributed by atoms with Gasteiger partial charge in [0.05, 0.1) is 6.54 Å². The molecular formula is C16H23F3N2O6. The minimum Gasteiger partial charge on any atom is -0.481 e. The lowest BCUT2D eigenvalue weighted by Crippen LogP contribution is -2.49. The number of allylic oxidation sites excluding steroid dienone is 2. The Labute approximate surface area is 153 Å². The minimum atomic E-state index is -5.08. The van der Waals surface area contributed by atoms with Gasteiger partial charge in [-0.25, -0.2) is 4.79 Å². The summed E-state index contributed by atoms with van der Waals surface area (Å²) in [5.74, 6) is -5.12. The highest BCUT2D eigenvalue weighted by Crippen LogP contribution is 2.24. The van der Waals surface area contributed by atoms with E-state index in [0.29, 0.717) is 13.0 Å². The molecule has 0 spiro atoms. The summed E-state index contributed by atoms with van der Waals surface area (Å²) in [4.78, 5) is 31.6. The van der Waals surface area contributed by atoms with E-state index >= 15 is 0 Å². The molecule has 27 heavy (non-hydrogen) atoms. The van der Waals surface area contributed by atoms with Gasteiger partial charge in [0.15, 0.2) is 0 Å². The molecule has 0 aliphatic heterocycles. The number of hydrogen-bond donors (Lipinski definition) is 5. The SMILES string of the molecule is NCCCCCC(=O)NCC1(O)C=CC=CC1C(=O)O.O=C(O)C(F)(F)F. The number of unbranched alkanes of at least 4 members (excludes halogenated alkanes) is 2. The summed E-state index contributed by atoms with van der Waals surface area (Å²) < 4.78 is 31.7. The molecule has 6 N–H and O–H groups in total. The van der Waals surface area contributed by atoms with E-state index in [2.05, 4.69) is 5.32 Å². The maximum atomic E-state index is 11.6. The topological polar surface area (TPSA) is 150 Å². The number of alkyl halides is 3. The third-order valence-electron chi connectivity index (χ3n) is 3.52. The van der Waals surface area contributed by atoms with E-state index in [0.717, 1.165) is 19.3 Å². The fraction of sp³-hybridized carbons (Fsp3) is 0.562. The quantitative estimate of drug-likeness (QED) is 0.381. The zero-order chi connectivity index (χ0) is 21.1. The molecule has 11 heteroatoms. The number of hydrogen-bond acceptors (Lipinski definition) is 5. The Hall–Kier alpha value is -2.40. The predicted molar refractivity (Wildman–Crippen MR) is 88.6 cm³/mol. The molecule has 2 atom stereocenters. The largest absolute Gasteiger partial charge is 0.490 e. The van der Waals surface area contributed by atoms with Gasteiger partial charge < -0.3 is 26.4 Å². The first kappa shape index (κ1) is 24.6. The van der Waals surface area contributed by atoms with Crippen molar-refractivity contribution in [1.29, 1.82) is 0 Å². The zero-order valence-corrected chi connectivity index (χ0v) is 14.4. The summed E-state index contributed by atoms with van der Waals surface area (Å²) in [6, 6.07) is 0. The maximum absolute atomic E-state index is 11.6. The predicted octanol–water partition coefficient (Wildman–Crippen LogP) is 0.813. The number of carboxylic acids is 2. The number of nitrogens with two attached hydrogens (primary N) is 1. The fourth-order valence-corrected chi connectivity index (χ4v) is 2.07. The number of amides is 1. The highest BCUT2D eigenvalue weighted by Gasteiger charge is 2.39. The van der Waals surface area contributed by atoms with Gasteiger partial charge in [0, 0.05) is 6.42 Å². The van der Waals surface area contributed by atoms with Crippen LogP contribution in [0.3, 0.4) is 0 Å². The molecule has 1 rings (SSSR count). The Balaban J connectivity index is 0.000000821.